The summed E-state index contributed by atoms with van der Waals surface area (Å²) in [5.41, 5.74) is 3.59. The predicted octanol–water partition coefficient (Wildman–Crippen LogP) is 4.08. The smallest absolute Gasteiger partial charge is 0.227 e. The molecule has 0 radical (unpaired) electrons. The zero-order valence-corrected chi connectivity index (χ0v) is 14.9. The van der Waals surface area contributed by atoms with Crippen molar-refractivity contribution in [3.8, 4) is 0 Å². The molecule has 0 amide bonds. The van der Waals surface area contributed by atoms with Gasteiger partial charge in [0.25, 0.3) is 0 Å². The Morgan fingerprint density at radius 2 is 2.16 bits per heavy atom. The lowest BCUT2D eigenvalue weighted by molar-refractivity contribution is 0.508. The molecule has 0 spiro atoms. The zero-order valence-electron chi connectivity index (χ0n) is 14.1. The van der Waals surface area contributed by atoms with Gasteiger partial charge in [-0.05, 0) is 36.3 Å². The van der Waals surface area contributed by atoms with Gasteiger partial charge in [0.05, 0.1) is 5.39 Å². The van der Waals surface area contributed by atoms with Crippen molar-refractivity contribution in [2.24, 2.45) is 5.92 Å². The van der Waals surface area contributed by atoms with Gasteiger partial charge in [-0.3, -0.25) is 0 Å². The monoisotopic (exact) mass is 349 g/mol. The molecule has 1 aromatic carbocycles. The number of aryl methyl sites for hydroxylation is 1. The number of aromatic nitrogens is 4. The van der Waals surface area contributed by atoms with E-state index in [1.165, 1.54) is 27.8 Å². The standard InChI is InChI=1S/C19H19N5S/c1-12-7-8-15-14(9-12)16-17-21-11-22-24(17)19(23-18(16)25-15)20-10-13-5-3-2-4-6-13/h2-6,11-12H,7-10H2,1H3,(H,20,23)/t12-/m1/s1. The molecule has 6 heteroatoms. The van der Waals surface area contributed by atoms with Crippen LogP contribution in [0.5, 0.6) is 0 Å². The van der Waals surface area contributed by atoms with Crippen LogP contribution in [-0.4, -0.2) is 19.6 Å². The SMILES string of the molecule is C[C@@H]1CCc2sc3nc(NCc4ccccc4)n4ncnc4c3c2C1. The van der Waals surface area contributed by atoms with E-state index in [-0.39, 0.29) is 0 Å². The number of hydrogen-bond donors (Lipinski definition) is 1. The predicted molar refractivity (Wildman–Crippen MR) is 101 cm³/mol. The lowest BCUT2D eigenvalue weighted by atomic mass is 9.89. The summed E-state index contributed by atoms with van der Waals surface area (Å²) < 4.78 is 1.84. The molecule has 5 nitrogen and oxygen atoms in total. The average Bonchev–Trinajstić information content (AvgIpc) is 3.24. The second-order valence-corrected chi connectivity index (χ2v) is 7.89. The number of benzene rings is 1. The van der Waals surface area contributed by atoms with Crippen molar-refractivity contribution in [2.45, 2.75) is 32.7 Å². The summed E-state index contributed by atoms with van der Waals surface area (Å²) in [5.74, 6) is 1.49. The highest BCUT2D eigenvalue weighted by atomic mass is 32.1. The molecule has 3 heterocycles. The third-order valence-electron chi connectivity index (χ3n) is 4.96. The van der Waals surface area contributed by atoms with Crippen LogP contribution in [-0.2, 0) is 19.4 Å². The van der Waals surface area contributed by atoms with Crippen LogP contribution < -0.4 is 5.32 Å². The summed E-state index contributed by atoms with van der Waals surface area (Å²) in [6, 6.07) is 10.3. The minimum Gasteiger partial charge on any atom is -0.350 e. The van der Waals surface area contributed by atoms with Gasteiger partial charge < -0.3 is 5.32 Å². The molecule has 1 N–H and O–H groups in total. The molecule has 25 heavy (non-hydrogen) atoms. The first kappa shape index (κ1) is 14.8. The number of hydrogen-bond acceptors (Lipinski definition) is 5. The van der Waals surface area contributed by atoms with Gasteiger partial charge in [0, 0.05) is 11.4 Å². The number of anilines is 1. The molecule has 1 aliphatic carbocycles. The fourth-order valence-corrected chi connectivity index (χ4v) is 4.87. The molecule has 5 rings (SSSR count). The van der Waals surface area contributed by atoms with Gasteiger partial charge in [0.15, 0.2) is 5.65 Å². The summed E-state index contributed by atoms with van der Waals surface area (Å²) in [6.45, 7) is 3.05. The molecule has 0 bridgehead atoms. The van der Waals surface area contributed by atoms with Crippen LogP contribution in [0.4, 0.5) is 5.95 Å². The van der Waals surface area contributed by atoms with Gasteiger partial charge in [-0.15, -0.1) is 11.3 Å². The van der Waals surface area contributed by atoms with Crippen molar-refractivity contribution >= 4 is 33.1 Å². The lowest BCUT2D eigenvalue weighted by Gasteiger charge is -2.17. The van der Waals surface area contributed by atoms with E-state index in [4.69, 9.17) is 4.98 Å². The lowest BCUT2D eigenvalue weighted by Crippen LogP contribution is -2.10. The van der Waals surface area contributed by atoms with Crippen molar-refractivity contribution in [3.05, 3.63) is 52.7 Å². The van der Waals surface area contributed by atoms with Gasteiger partial charge >= 0.3 is 0 Å². The number of nitrogens with zero attached hydrogens (tertiary/aromatic N) is 4. The van der Waals surface area contributed by atoms with E-state index >= 15 is 0 Å². The Balaban J connectivity index is 1.61. The van der Waals surface area contributed by atoms with E-state index in [1.54, 1.807) is 6.33 Å². The number of thiophene rings is 1. The number of nitrogens with one attached hydrogen (secondary N) is 1. The van der Waals surface area contributed by atoms with E-state index in [0.717, 1.165) is 41.7 Å². The highest BCUT2D eigenvalue weighted by molar-refractivity contribution is 7.19. The molecule has 0 aliphatic heterocycles. The first-order chi connectivity index (χ1) is 12.3. The van der Waals surface area contributed by atoms with Crippen LogP contribution in [0.15, 0.2) is 36.7 Å². The largest absolute Gasteiger partial charge is 0.350 e. The number of rotatable bonds is 3. The summed E-state index contributed by atoms with van der Waals surface area (Å²) in [6.07, 6.45) is 5.17. The molecular weight excluding hydrogens is 330 g/mol. The molecule has 0 saturated carbocycles. The van der Waals surface area contributed by atoms with Crippen LogP contribution in [0, 0.1) is 5.92 Å². The van der Waals surface area contributed by atoms with Gasteiger partial charge in [-0.1, -0.05) is 37.3 Å². The fourth-order valence-electron chi connectivity index (χ4n) is 3.65. The highest BCUT2D eigenvalue weighted by Gasteiger charge is 2.24. The number of fused-ring (bicyclic) bond motifs is 5. The molecule has 0 unspecified atom stereocenters. The van der Waals surface area contributed by atoms with Crippen LogP contribution in [0.2, 0.25) is 0 Å². The zero-order chi connectivity index (χ0) is 16.8. The Kier molecular flexibility index (Phi) is 3.45. The molecule has 4 aromatic rings. The van der Waals surface area contributed by atoms with E-state index in [2.05, 4.69) is 34.5 Å². The Bertz CT molecular complexity index is 1050. The molecule has 1 aliphatic rings. The maximum absolute atomic E-state index is 4.89. The molecule has 3 aromatic heterocycles. The fraction of sp³-hybridized carbons (Fsp3) is 0.316. The summed E-state index contributed by atoms with van der Waals surface area (Å²) in [7, 11) is 0. The van der Waals surface area contributed by atoms with Crippen molar-refractivity contribution < 1.29 is 0 Å². The van der Waals surface area contributed by atoms with E-state index in [0.29, 0.717) is 0 Å². The summed E-state index contributed by atoms with van der Waals surface area (Å²) in [4.78, 5) is 12.0. The Morgan fingerprint density at radius 3 is 3.04 bits per heavy atom. The van der Waals surface area contributed by atoms with E-state index in [1.807, 2.05) is 34.1 Å². The Labute approximate surface area is 149 Å². The van der Waals surface area contributed by atoms with Crippen LogP contribution in [0.25, 0.3) is 15.9 Å². The second-order valence-electron chi connectivity index (χ2n) is 6.80. The van der Waals surface area contributed by atoms with Crippen LogP contribution in [0.1, 0.15) is 29.3 Å². The first-order valence-electron chi connectivity index (χ1n) is 8.71. The normalized spacial score (nSPS) is 17.1. The minimum absolute atomic E-state index is 0.719. The van der Waals surface area contributed by atoms with Crippen molar-refractivity contribution in [1.82, 2.24) is 19.6 Å². The molecule has 1 atom stereocenters. The topological polar surface area (TPSA) is 55.1 Å². The minimum atomic E-state index is 0.719. The summed E-state index contributed by atoms with van der Waals surface area (Å²) >= 11 is 1.82. The quantitative estimate of drug-likeness (QED) is 0.606. The molecule has 0 saturated heterocycles. The van der Waals surface area contributed by atoms with Crippen molar-refractivity contribution in [1.29, 1.82) is 0 Å². The van der Waals surface area contributed by atoms with Gasteiger partial charge in [0.2, 0.25) is 5.95 Å². The molecular formula is C19H19N5S. The van der Waals surface area contributed by atoms with Crippen molar-refractivity contribution in [2.75, 3.05) is 5.32 Å². The summed E-state index contributed by atoms with van der Waals surface area (Å²) in [5, 5.41) is 9.04. The van der Waals surface area contributed by atoms with Crippen LogP contribution in [0.3, 0.4) is 0 Å². The van der Waals surface area contributed by atoms with Crippen LogP contribution >= 0.6 is 11.3 Å². The maximum Gasteiger partial charge on any atom is 0.227 e. The molecule has 0 fully saturated rings. The second kappa shape index (κ2) is 5.81. The van der Waals surface area contributed by atoms with Crippen molar-refractivity contribution in [3.63, 3.8) is 0 Å². The van der Waals surface area contributed by atoms with Gasteiger partial charge in [-0.2, -0.15) is 9.61 Å². The molecule has 126 valence electrons. The average molecular weight is 349 g/mol. The van der Waals surface area contributed by atoms with Gasteiger partial charge in [-0.25, -0.2) is 9.97 Å². The maximum atomic E-state index is 4.89. The third-order valence-corrected chi connectivity index (χ3v) is 6.15. The third kappa shape index (κ3) is 2.48. The first-order valence-corrected chi connectivity index (χ1v) is 9.53. The highest BCUT2D eigenvalue weighted by Crippen LogP contribution is 2.39. The van der Waals surface area contributed by atoms with E-state index in [9.17, 15) is 0 Å². The Morgan fingerprint density at radius 1 is 1.28 bits per heavy atom. The van der Waals surface area contributed by atoms with E-state index < -0.39 is 0 Å². The van der Waals surface area contributed by atoms with Gasteiger partial charge in [0.1, 0.15) is 11.2 Å². The Hall–Kier alpha value is -2.47.